The number of aryl methyl sites for hydroxylation is 1. The van der Waals surface area contributed by atoms with Crippen LogP contribution >= 0.6 is 0 Å². The Morgan fingerprint density at radius 2 is 1.83 bits per heavy atom. The SMILES string of the molecule is CC[C@H](NC(=O)c1ccc(C)c(S(=O)(=O)N2CCOCC2)c1)c1ccc(OC)cc1. The number of amides is 1. The van der Waals surface area contributed by atoms with Gasteiger partial charge in [-0.15, -0.1) is 0 Å². The van der Waals surface area contributed by atoms with E-state index in [0.717, 1.165) is 11.3 Å². The molecule has 2 aromatic rings. The molecule has 1 N–H and O–H groups in total. The fraction of sp³-hybridized carbons (Fsp3) is 0.409. The molecule has 1 aliphatic rings. The molecule has 3 rings (SSSR count). The van der Waals surface area contributed by atoms with Gasteiger partial charge >= 0.3 is 0 Å². The number of carbonyl (C=O) groups excluding carboxylic acids is 1. The van der Waals surface area contributed by atoms with Crippen molar-refractivity contribution >= 4 is 15.9 Å². The average Bonchev–Trinajstić information content (AvgIpc) is 2.78. The Hall–Kier alpha value is -2.42. The lowest BCUT2D eigenvalue weighted by atomic mass is 10.0. The highest BCUT2D eigenvalue weighted by Crippen LogP contribution is 2.24. The molecule has 2 aromatic carbocycles. The van der Waals surface area contributed by atoms with Crippen molar-refractivity contribution in [2.45, 2.75) is 31.2 Å². The fourth-order valence-electron chi connectivity index (χ4n) is 3.44. The maximum atomic E-state index is 13.1. The summed E-state index contributed by atoms with van der Waals surface area (Å²) in [6.45, 7) is 5.10. The number of carbonyl (C=O) groups is 1. The molecule has 1 heterocycles. The van der Waals surface area contributed by atoms with Crippen molar-refractivity contribution in [2.75, 3.05) is 33.4 Å². The molecular weight excluding hydrogens is 404 g/mol. The zero-order valence-corrected chi connectivity index (χ0v) is 18.4. The number of ether oxygens (including phenoxy) is 2. The zero-order valence-electron chi connectivity index (χ0n) is 17.6. The van der Waals surface area contributed by atoms with E-state index in [4.69, 9.17) is 9.47 Å². The van der Waals surface area contributed by atoms with Gasteiger partial charge in [-0.2, -0.15) is 4.31 Å². The van der Waals surface area contributed by atoms with Crippen molar-refractivity contribution in [3.63, 3.8) is 0 Å². The minimum absolute atomic E-state index is 0.162. The summed E-state index contributed by atoms with van der Waals surface area (Å²) in [6.07, 6.45) is 0.697. The third kappa shape index (κ3) is 4.83. The minimum atomic E-state index is -3.68. The smallest absolute Gasteiger partial charge is 0.251 e. The quantitative estimate of drug-likeness (QED) is 0.727. The summed E-state index contributed by atoms with van der Waals surface area (Å²) >= 11 is 0. The van der Waals surface area contributed by atoms with Crippen LogP contribution in [0.3, 0.4) is 0 Å². The van der Waals surface area contributed by atoms with Crippen LogP contribution in [0.1, 0.15) is 40.9 Å². The maximum Gasteiger partial charge on any atom is 0.251 e. The Bertz CT molecular complexity index is 983. The molecule has 7 nitrogen and oxygen atoms in total. The Balaban J connectivity index is 1.82. The normalized spacial score (nSPS) is 16.1. The average molecular weight is 433 g/mol. The van der Waals surface area contributed by atoms with E-state index in [1.54, 1.807) is 26.2 Å². The third-order valence-corrected chi connectivity index (χ3v) is 7.31. The second-order valence-corrected chi connectivity index (χ2v) is 9.11. The first-order valence-electron chi connectivity index (χ1n) is 10.00. The topological polar surface area (TPSA) is 84.9 Å². The van der Waals surface area contributed by atoms with Gasteiger partial charge in [0.2, 0.25) is 10.0 Å². The van der Waals surface area contributed by atoms with Gasteiger partial charge in [-0.25, -0.2) is 8.42 Å². The Labute approximate surface area is 178 Å². The van der Waals surface area contributed by atoms with Gasteiger partial charge < -0.3 is 14.8 Å². The van der Waals surface area contributed by atoms with E-state index in [9.17, 15) is 13.2 Å². The lowest BCUT2D eigenvalue weighted by Crippen LogP contribution is -2.41. The first-order chi connectivity index (χ1) is 14.4. The number of hydrogen-bond acceptors (Lipinski definition) is 5. The van der Waals surface area contributed by atoms with E-state index in [1.807, 2.05) is 31.2 Å². The van der Waals surface area contributed by atoms with Crippen molar-refractivity contribution in [3.8, 4) is 5.75 Å². The molecule has 0 radical (unpaired) electrons. The third-order valence-electron chi connectivity index (χ3n) is 5.27. The standard InChI is InChI=1S/C22H28N2O5S/c1-4-20(17-7-9-19(28-3)10-8-17)23-22(25)18-6-5-16(2)21(15-18)30(26,27)24-11-13-29-14-12-24/h5-10,15,20H,4,11-14H2,1-3H3,(H,23,25)/t20-/m0/s1. The van der Waals surface area contributed by atoms with Gasteiger partial charge in [0, 0.05) is 18.7 Å². The number of morpholine rings is 1. The number of rotatable bonds is 7. The van der Waals surface area contributed by atoms with Gasteiger partial charge in [-0.1, -0.05) is 25.1 Å². The van der Waals surface area contributed by atoms with Gasteiger partial charge in [0.25, 0.3) is 5.91 Å². The summed E-state index contributed by atoms with van der Waals surface area (Å²) in [4.78, 5) is 13.1. The number of methoxy groups -OCH3 is 1. The second-order valence-electron chi connectivity index (χ2n) is 7.20. The maximum absolute atomic E-state index is 13.1. The van der Waals surface area contributed by atoms with E-state index < -0.39 is 10.0 Å². The highest BCUT2D eigenvalue weighted by molar-refractivity contribution is 7.89. The first-order valence-corrected chi connectivity index (χ1v) is 11.4. The fourth-order valence-corrected chi connectivity index (χ4v) is 5.10. The largest absolute Gasteiger partial charge is 0.497 e. The molecule has 1 atom stereocenters. The molecule has 1 aliphatic heterocycles. The van der Waals surface area contributed by atoms with Gasteiger partial charge in [0.1, 0.15) is 5.75 Å². The molecule has 0 unspecified atom stereocenters. The van der Waals surface area contributed by atoms with Crippen LogP contribution < -0.4 is 10.1 Å². The number of benzene rings is 2. The predicted molar refractivity (Wildman–Crippen MR) is 114 cm³/mol. The molecule has 1 fully saturated rings. The number of nitrogens with zero attached hydrogens (tertiary/aromatic N) is 1. The molecule has 0 bridgehead atoms. The minimum Gasteiger partial charge on any atom is -0.497 e. The number of hydrogen-bond donors (Lipinski definition) is 1. The molecular formula is C22H28N2O5S. The van der Waals surface area contributed by atoms with Crippen LogP contribution in [0.15, 0.2) is 47.4 Å². The first kappa shape index (κ1) is 22.3. The predicted octanol–water partition coefficient (Wildman–Crippen LogP) is 2.91. The highest BCUT2D eigenvalue weighted by Gasteiger charge is 2.28. The Kier molecular flexibility index (Phi) is 7.12. The molecule has 0 aromatic heterocycles. The van der Waals surface area contributed by atoms with Crippen molar-refractivity contribution < 1.29 is 22.7 Å². The molecule has 1 amide bonds. The van der Waals surface area contributed by atoms with E-state index in [-0.39, 0.29) is 16.8 Å². The number of nitrogens with one attached hydrogen (secondary N) is 1. The van der Waals surface area contributed by atoms with E-state index >= 15 is 0 Å². The van der Waals surface area contributed by atoms with Crippen molar-refractivity contribution in [2.24, 2.45) is 0 Å². The van der Waals surface area contributed by atoms with Crippen molar-refractivity contribution in [3.05, 3.63) is 59.2 Å². The molecule has 1 saturated heterocycles. The van der Waals surface area contributed by atoms with Crippen LogP contribution in [-0.4, -0.2) is 52.0 Å². The van der Waals surface area contributed by atoms with Crippen LogP contribution in [0.2, 0.25) is 0 Å². The molecule has 0 spiro atoms. The van der Waals surface area contributed by atoms with Crippen LogP contribution in [0.5, 0.6) is 5.75 Å². The Morgan fingerprint density at radius 1 is 1.17 bits per heavy atom. The summed E-state index contributed by atoms with van der Waals surface area (Å²) in [5.74, 6) is 0.438. The lowest BCUT2D eigenvalue weighted by Gasteiger charge is -2.27. The molecule has 8 heteroatoms. The van der Waals surface area contributed by atoms with Gasteiger partial charge in [-0.3, -0.25) is 4.79 Å². The van der Waals surface area contributed by atoms with E-state index in [0.29, 0.717) is 43.9 Å². The monoisotopic (exact) mass is 432 g/mol. The van der Waals surface area contributed by atoms with E-state index in [1.165, 1.54) is 10.4 Å². The van der Waals surface area contributed by atoms with Crippen molar-refractivity contribution in [1.29, 1.82) is 0 Å². The van der Waals surface area contributed by atoms with Crippen molar-refractivity contribution in [1.82, 2.24) is 9.62 Å². The van der Waals surface area contributed by atoms with Crippen LogP contribution in [0.4, 0.5) is 0 Å². The Morgan fingerprint density at radius 3 is 2.43 bits per heavy atom. The van der Waals surface area contributed by atoms with Gasteiger partial charge in [-0.05, 0) is 48.7 Å². The molecule has 162 valence electrons. The van der Waals surface area contributed by atoms with Gasteiger partial charge in [0.15, 0.2) is 0 Å². The second kappa shape index (κ2) is 9.59. The number of sulfonamides is 1. The van der Waals surface area contributed by atoms with Crippen LogP contribution in [-0.2, 0) is 14.8 Å². The van der Waals surface area contributed by atoms with Crippen LogP contribution in [0, 0.1) is 6.92 Å². The van der Waals surface area contributed by atoms with Crippen LogP contribution in [0.25, 0.3) is 0 Å². The summed E-state index contributed by atoms with van der Waals surface area (Å²) in [5.41, 5.74) is 1.89. The summed E-state index contributed by atoms with van der Waals surface area (Å²) in [6, 6.07) is 12.1. The molecule has 0 saturated carbocycles. The summed E-state index contributed by atoms with van der Waals surface area (Å²) in [7, 11) is -2.08. The van der Waals surface area contributed by atoms with E-state index in [2.05, 4.69) is 5.32 Å². The molecule has 0 aliphatic carbocycles. The van der Waals surface area contributed by atoms with Gasteiger partial charge in [0.05, 0.1) is 31.3 Å². The molecule has 30 heavy (non-hydrogen) atoms. The summed E-state index contributed by atoms with van der Waals surface area (Å²) < 4.78 is 38.0. The highest BCUT2D eigenvalue weighted by atomic mass is 32.2. The summed E-state index contributed by atoms with van der Waals surface area (Å²) in [5, 5.41) is 3.01. The zero-order chi connectivity index (χ0) is 21.7. The lowest BCUT2D eigenvalue weighted by molar-refractivity contribution is 0.0730.